The van der Waals surface area contributed by atoms with Gasteiger partial charge in [-0.15, -0.1) is 0 Å². The van der Waals surface area contributed by atoms with Crippen LogP contribution in [-0.4, -0.2) is 51.6 Å². The Labute approximate surface area is 200 Å². The lowest BCUT2D eigenvalue weighted by Crippen LogP contribution is -2.53. The van der Waals surface area contributed by atoms with Gasteiger partial charge in [0.05, 0.1) is 22.3 Å². The molecule has 0 aliphatic carbocycles. The van der Waals surface area contributed by atoms with Gasteiger partial charge in [-0.25, -0.2) is 13.1 Å². The zero-order chi connectivity index (χ0) is 24.6. The van der Waals surface area contributed by atoms with Crippen molar-refractivity contribution in [2.45, 2.75) is 63.6 Å². The number of nitrogens with zero attached hydrogens (tertiary/aromatic N) is 2. The number of carbonyl (C=O) groups is 2. The van der Waals surface area contributed by atoms with E-state index in [0.29, 0.717) is 30.9 Å². The Morgan fingerprint density at radius 2 is 1.74 bits per heavy atom. The molecule has 2 aromatic rings. The molecule has 1 N–H and O–H groups in total. The molecule has 2 aliphatic heterocycles. The maximum absolute atomic E-state index is 13.3. The minimum atomic E-state index is -3.59. The fraction of sp³-hybridized carbons (Fsp3) is 0.440. The van der Waals surface area contributed by atoms with Crippen molar-refractivity contribution in [3.63, 3.8) is 0 Å². The van der Waals surface area contributed by atoms with E-state index in [0.717, 1.165) is 17.5 Å². The van der Waals surface area contributed by atoms with Gasteiger partial charge in [-0.1, -0.05) is 18.2 Å². The predicted octanol–water partition coefficient (Wildman–Crippen LogP) is 3.31. The van der Waals surface area contributed by atoms with E-state index in [2.05, 4.69) is 4.72 Å². The van der Waals surface area contributed by atoms with Crippen LogP contribution in [0.2, 0.25) is 0 Å². The zero-order valence-corrected chi connectivity index (χ0v) is 20.8. The van der Waals surface area contributed by atoms with Crippen LogP contribution in [0.4, 0.5) is 11.4 Å². The molecule has 34 heavy (non-hydrogen) atoms. The van der Waals surface area contributed by atoms with Gasteiger partial charge in [0.2, 0.25) is 15.9 Å². The van der Waals surface area contributed by atoms with E-state index in [1.54, 1.807) is 47.9 Å². The number of rotatable bonds is 5. The van der Waals surface area contributed by atoms with Crippen molar-refractivity contribution >= 4 is 33.2 Å². The third-order valence-corrected chi connectivity index (χ3v) is 7.79. The zero-order valence-electron chi connectivity index (χ0n) is 19.9. The maximum Gasteiger partial charge on any atom is 0.256 e. The van der Waals surface area contributed by atoms with Crippen LogP contribution in [0.15, 0.2) is 47.4 Å². The van der Waals surface area contributed by atoms with Gasteiger partial charge >= 0.3 is 0 Å². The van der Waals surface area contributed by atoms with Crippen LogP contribution in [0.1, 0.15) is 40.5 Å². The van der Waals surface area contributed by atoms with Crippen LogP contribution in [0, 0.1) is 0 Å². The quantitative estimate of drug-likeness (QED) is 0.701. The Balaban J connectivity index is 1.72. The highest BCUT2D eigenvalue weighted by Crippen LogP contribution is 2.39. The largest absolute Gasteiger partial charge is 0.368 e. The molecular formula is C25H31N3O5S. The Hall–Kier alpha value is -2.75. The topological polar surface area (TPSA) is 96.0 Å². The smallest absolute Gasteiger partial charge is 0.256 e. The highest BCUT2D eigenvalue weighted by molar-refractivity contribution is 7.89. The number of carbonyl (C=O) groups excluding carboxylic acids is 2. The molecule has 1 unspecified atom stereocenters. The van der Waals surface area contributed by atoms with Crippen LogP contribution in [-0.2, 0) is 24.3 Å². The van der Waals surface area contributed by atoms with Crippen molar-refractivity contribution in [3.05, 3.63) is 42.5 Å². The van der Waals surface area contributed by atoms with Gasteiger partial charge in [0.1, 0.15) is 6.10 Å². The third kappa shape index (κ3) is 4.73. The molecule has 182 valence electrons. The van der Waals surface area contributed by atoms with Crippen molar-refractivity contribution in [1.29, 1.82) is 0 Å². The second kappa shape index (κ2) is 9.48. The summed E-state index contributed by atoms with van der Waals surface area (Å²) in [5.41, 5.74) is 2.97. The fourth-order valence-electron chi connectivity index (χ4n) is 4.64. The van der Waals surface area contributed by atoms with E-state index < -0.39 is 16.1 Å². The number of hydrogen-bond acceptors (Lipinski definition) is 5. The molecule has 2 amide bonds. The first kappa shape index (κ1) is 24.4. The summed E-state index contributed by atoms with van der Waals surface area (Å²) in [4.78, 5) is 29.3. The molecule has 1 saturated heterocycles. The van der Waals surface area contributed by atoms with Gasteiger partial charge in [0.15, 0.2) is 0 Å². The molecule has 4 rings (SSSR count). The first-order chi connectivity index (χ1) is 16.1. The first-order valence-electron chi connectivity index (χ1n) is 11.6. The van der Waals surface area contributed by atoms with Crippen LogP contribution >= 0.6 is 0 Å². The summed E-state index contributed by atoms with van der Waals surface area (Å²) in [7, 11) is -3.59. The minimum absolute atomic E-state index is 0.0853. The summed E-state index contributed by atoms with van der Waals surface area (Å²) in [6, 6.07) is 11.9. The van der Waals surface area contributed by atoms with E-state index in [4.69, 9.17) is 4.74 Å². The number of sulfonamides is 1. The number of amides is 2. The third-order valence-electron chi connectivity index (χ3n) is 6.11. The summed E-state index contributed by atoms with van der Waals surface area (Å²) in [5, 5.41) is 0. The number of fused-ring (bicyclic) bond motifs is 1. The summed E-state index contributed by atoms with van der Waals surface area (Å²) < 4.78 is 33.1. The molecule has 2 aliphatic rings. The summed E-state index contributed by atoms with van der Waals surface area (Å²) in [6.07, 6.45) is 1.08. The number of ether oxygens (including phenoxy) is 1. The lowest BCUT2D eigenvalue weighted by Gasteiger charge is -2.41. The van der Waals surface area contributed by atoms with Crippen LogP contribution in [0.3, 0.4) is 0 Å². The van der Waals surface area contributed by atoms with Gasteiger partial charge in [0, 0.05) is 26.1 Å². The molecular weight excluding hydrogens is 454 g/mol. The molecule has 0 saturated carbocycles. The van der Waals surface area contributed by atoms with Gasteiger partial charge in [-0.2, -0.15) is 0 Å². The number of nitrogens with one attached hydrogen (secondary N) is 1. The number of benzene rings is 2. The summed E-state index contributed by atoms with van der Waals surface area (Å²) in [5.74, 6) is -0.176. The number of anilines is 2. The Bertz CT molecular complexity index is 1190. The lowest BCUT2D eigenvalue weighted by molar-refractivity contribution is -0.127. The van der Waals surface area contributed by atoms with Gasteiger partial charge in [-0.3, -0.25) is 9.59 Å². The average Bonchev–Trinajstić information content (AvgIpc) is 3.32. The van der Waals surface area contributed by atoms with Crippen molar-refractivity contribution in [3.8, 4) is 11.1 Å². The lowest BCUT2D eigenvalue weighted by atomic mass is 10.00. The molecule has 0 aromatic heterocycles. The second-order valence-electron chi connectivity index (χ2n) is 9.19. The van der Waals surface area contributed by atoms with Crippen molar-refractivity contribution in [2.24, 2.45) is 0 Å². The SMILES string of the molecule is CC(=O)N1c2ccc(-c3ccc(S(=O)(=O)NC(C)C)cc3)cc2N(C(=O)C2CCCO2)C[C@@H]1C. The van der Waals surface area contributed by atoms with Crippen molar-refractivity contribution < 1.29 is 22.7 Å². The van der Waals surface area contributed by atoms with Crippen LogP contribution < -0.4 is 14.5 Å². The van der Waals surface area contributed by atoms with E-state index in [1.807, 2.05) is 25.1 Å². The monoisotopic (exact) mass is 485 g/mol. The summed E-state index contributed by atoms with van der Waals surface area (Å²) >= 11 is 0. The molecule has 1 fully saturated rings. The standard InChI is InChI=1S/C25H31N3O5S/c1-16(2)26-34(31,32)21-10-7-19(8-11-21)20-9-12-22-23(14-20)27(15-17(3)28(22)18(4)29)25(30)24-6-5-13-33-24/h7-12,14,16-17,24,26H,5-6,13,15H2,1-4H3/t17-,24?/m0/s1. The summed E-state index contributed by atoms with van der Waals surface area (Å²) in [6.45, 7) is 7.95. The molecule has 2 atom stereocenters. The maximum atomic E-state index is 13.3. The highest BCUT2D eigenvalue weighted by Gasteiger charge is 2.37. The molecule has 0 bridgehead atoms. The van der Waals surface area contributed by atoms with E-state index in [9.17, 15) is 18.0 Å². The van der Waals surface area contributed by atoms with E-state index in [-0.39, 0.29) is 28.8 Å². The minimum Gasteiger partial charge on any atom is -0.368 e. The first-order valence-corrected chi connectivity index (χ1v) is 13.1. The van der Waals surface area contributed by atoms with Gasteiger partial charge < -0.3 is 14.5 Å². The van der Waals surface area contributed by atoms with Crippen LogP contribution in [0.25, 0.3) is 11.1 Å². The molecule has 2 heterocycles. The Kier molecular flexibility index (Phi) is 6.80. The molecule has 9 heteroatoms. The van der Waals surface area contributed by atoms with Crippen molar-refractivity contribution in [2.75, 3.05) is 23.0 Å². The molecule has 2 aromatic carbocycles. The molecule has 0 radical (unpaired) electrons. The van der Waals surface area contributed by atoms with Gasteiger partial charge in [0.25, 0.3) is 5.91 Å². The average molecular weight is 486 g/mol. The van der Waals surface area contributed by atoms with Gasteiger partial charge in [-0.05, 0) is 69.0 Å². The molecule has 8 nitrogen and oxygen atoms in total. The molecule has 0 spiro atoms. The fourth-order valence-corrected chi connectivity index (χ4v) is 5.90. The van der Waals surface area contributed by atoms with E-state index >= 15 is 0 Å². The van der Waals surface area contributed by atoms with E-state index in [1.165, 1.54) is 6.92 Å². The Morgan fingerprint density at radius 3 is 2.32 bits per heavy atom. The second-order valence-corrected chi connectivity index (χ2v) is 10.9. The van der Waals surface area contributed by atoms with Crippen molar-refractivity contribution in [1.82, 2.24) is 4.72 Å². The normalized spacial score (nSPS) is 20.5. The van der Waals surface area contributed by atoms with Crippen LogP contribution in [0.5, 0.6) is 0 Å². The number of hydrogen-bond donors (Lipinski definition) is 1. The Morgan fingerprint density at radius 1 is 1.06 bits per heavy atom. The predicted molar refractivity (Wildman–Crippen MR) is 131 cm³/mol. The highest BCUT2D eigenvalue weighted by atomic mass is 32.2.